The first-order valence-corrected chi connectivity index (χ1v) is 5.75. The lowest BCUT2D eigenvalue weighted by atomic mass is 10.1. The van der Waals surface area contributed by atoms with E-state index in [4.69, 9.17) is 21.4 Å². The standard InChI is InChI=1S/C13H13ClO4/c1-2-18-13(17)6-4-9-3-5-11(14)10(7-9)8-12(15)16/h3-7H,2,8H2,1H3,(H,15,16). The van der Waals surface area contributed by atoms with Crippen molar-refractivity contribution >= 4 is 29.6 Å². The van der Waals surface area contributed by atoms with Crippen LogP contribution in [0.2, 0.25) is 5.02 Å². The highest BCUT2D eigenvalue weighted by atomic mass is 35.5. The van der Waals surface area contributed by atoms with Crippen LogP contribution in [-0.2, 0) is 20.7 Å². The molecule has 0 atom stereocenters. The van der Waals surface area contributed by atoms with Gasteiger partial charge in [-0.05, 0) is 36.3 Å². The molecular formula is C13H13ClO4. The quantitative estimate of drug-likeness (QED) is 0.658. The first-order valence-electron chi connectivity index (χ1n) is 5.38. The summed E-state index contributed by atoms with van der Waals surface area (Å²) in [4.78, 5) is 21.7. The number of hydrogen-bond donors (Lipinski definition) is 1. The third-order valence-corrected chi connectivity index (χ3v) is 2.48. The second kappa shape index (κ2) is 6.81. The van der Waals surface area contributed by atoms with E-state index in [1.54, 1.807) is 31.2 Å². The van der Waals surface area contributed by atoms with Gasteiger partial charge in [0.2, 0.25) is 0 Å². The molecule has 0 bridgehead atoms. The summed E-state index contributed by atoms with van der Waals surface area (Å²) in [7, 11) is 0. The van der Waals surface area contributed by atoms with Gasteiger partial charge in [0.15, 0.2) is 0 Å². The molecule has 0 saturated heterocycles. The fraction of sp³-hybridized carbons (Fsp3) is 0.231. The zero-order valence-electron chi connectivity index (χ0n) is 9.85. The maximum atomic E-state index is 11.1. The molecule has 0 spiro atoms. The van der Waals surface area contributed by atoms with Crippen molar-refractivity contribution in [1.82, 2.24) is 0 Å². The average molecular weight is 269 g/mol. The molecule has 0 unspecified atom stereocenters. The number of aliphatic carboxylic acids is 1. The number of ether oxygens (including phenoxy) is 1. The maximum absolute atomic E-state index is 11.1. The Bertz CT molecular complexity index is 480. The Morgan fingerprint density at radius 1 is 1.44 bits per heavy atom. The van der Waals surface area contributed by atoms with Crippen LogP contribution in [0.1, 0.15) is 18.1 Å². The molecule has 1 aromatic rings. The maximum Gasteiger partial charge on any atom is 0.330 e. The minimum Gasteiger partial charge on any atom is -0.481 e. The van der Waals surface area contributed by atoms with Crippen molar-refractivity contribution in [3.8, 4) is 0 Å². The number of halogens is 1. The van der Waals surface area contributed by atoms with Crippen LogP contribution >= 0.6 is 11.6 Å². The van der Waals surface area contributed by atoms with Crippen molar-refractivity contribution in [2.75, 3.05) is 6.61 Å². The Hall–Kier alpha value is -1.81. The van der Waals surface area contributed by atoms with E-state index < -0.39 is 11.9 Å². The minimum absolute atomic E-state index is 0.153. The number of carbonyl (C=O) groups excluding carboxylic acids is 1. The normalized spacial score (nSPS) is 10.6. The zero-order chi connectivity index (χ0) is 13.5. The molecule has 0 aliphatic heterocycles. The summed E-state index contributed by atoms with van der Waals surface area (Å²) < 4.78 is 4.74. The van der Waals surface area contributed by atoms with E-state index in [-0.39, 0.29) is 6.42 Å². The van der Waals surface area contributed by atoms with E-state index in [9.17, 15) is 9.59 Å². The van der Waals surface area contributed by atoms with E-state index in [1.165, 1.54) is 6.08 Å². The highest BCUT2D eigenvalue weighted by Crippen LogP contribution is 2.19. The molecular weight excluding hydrogens is 256 g/mol. The first-order chi connectivity index (χ1) is 8.52. The predicted molar refractivity (Wildman–Crippen MR) is 68.5 cm³/mol. The van der Waals surface area contributed by atoms with Gasteiger partial charge in [-0.2, -0.15) is 0 Å². The molecule has 0 fully saturated rings. The van der Waals surface area contributed by atoms with Gasteiger partial charge in [0.1, 0.15) is 0 Å². The van der Waals surface area contributed by atoms with Gasteiger partial charge in [-0.15, -0.1) is 0 Å². The molecule has 0 saturated carbocycles. The van der Waals surface area contributed by atoms with Crippen molar-refractivity contribution in [2.24, 2.45) is 0 Å². The van der Waals surface area contributed by atoms with Crippen LogP contribution in [0, 0.1) is 0 Å². The SMILES string of the molecule is CCOC(=O)C=Cc1ccc(Cl)c(CC(=O)O)c1. The number of carbonyl (C=O) groups is 2. The summed E-state index contributed by atoms with van der Waals surface area (Å²) in [6, 6.07) is 4.93. The topological polar surface area (TPSA) is 63.6 Å². The van der Waals surface area contributed by atoms with Gasteiger partial charge in [-0.25, -0.2) is 4.79 Å². The number of benzene rings is 1. The largest absolute Gasteiger partial charge is 0.481 e. The van der Waals surface area contributed by atoms with Crippen LogP contribution in [0.4, 0.5) is 0 Å². The lowest BCUT2D eigenvalue weighted by Crippen LogP contribution is -2.01. The molecule has 0 amide bonds. The Morgan fingerprint density at radius 3 is 2.78 bits per heavy atom. The number of hydrogen-bond acceptors (Lipinski definition) is 3. The molecule has 0 heterocycles. The molecule has 1 aromatic carbocycles. The van der Waals surface area contributed by atoms with Gasteiger partial charge in [0.25, 0.3) is 0 Å². The zero-order valence-corrected chi connectivity index (χ0v) is 10.6. The van der Waals surface area contributed by atoms with E-state index in [0.717, 1.165) is 0 Å². The lowest BCUT2D eigenvalue weighted by Gasteiger charge is -2.02. The summed E-state index contributed by atoms with van der Waals surface area (Å²) >= 11 is 5.87. The van der Waals surface area contributed by atoms with Crippen molar-refractivity contribution in [3.63, 3.8) is 0 Å². The van der Waals surface area contributed by atoms with Crippen molar-refractivity contribution < 1.29 is 19.4 Å². The highest BCUT2D eigenvalue weighted by Gasteiger charge is 2.06. The third-order valence-electron chi connectivity index (χ3n) is 2.11. The Morgan fingerprint density at radius 2 is 2.17 bits per heavy atom. The van der Waals surface area contributed by atoms with Gasteiger partial charge >= 0.3 is 11.9 Å². The van der Waals surface area contributed by atoms with E-state index in [2.05, 4.69) is 0 Å². The second-order valence-electron chi connectivity index (χ2n) is 3.51. The fourth-order valence-corrected chi connectivity index (χ4v) is 1.54. The molecule has 0 aliphatic rings. The Kier molecular flexibility index (Phi) is 5.39. The summed E-state index contributed by atoms with van der Waals surface area (Å²) in [6.07, 6.45) is 2.69. The van der Waals surface area contributed by atoms with Crippen LogP contribution in [0.15, 0.2) is 24.3 Å². The number of carboxylic acids is 1. The van der Waals surface area contributed by atoms with Gasteiger partial charge in [0.05, 0.1) is 13.0 Å². The molecule has 0 radical (unpaired) electrons. The van der Waals surface area contributed by atoms with Gasteiger partial charge in [-0.3, -0.25) is 4.79 Å². The van der Waals surface area contributed by atoms with Gasteiger partial charge in [-0.1, -0.05) is 17.7 Å². The van der Waals surface area contributed by atoms with Crippen LogP contribution in [-0.4, -0.2) is 23.7 Å². The van der Waals surface area contributed by atoms with Crippen molar-refractivity contribution in [3.05, 3.63) is 40.4 Å². The highest BCUT2D eigenvalue weighted by molar-refractivity contribution is 6.31. The van der Waals surface area contributed by atoms with Crippen LogP contribution in [0.3, 0.4) is 0 Å². The Balaban J connectivity index is 2.84. The minimum atomic E-state index is -0.955. The van der Waals surface area contributed by atoms with Crippen LogP contribution in [0.5, 0.6) is 0 Å². The second-order valence-corrected chi connectivity index (χ2v) is 3.91. The first kappa shape index (κ1) is 14.3. The molecule has 4 nitrogen and oxygen atoms in total. The van der Waals surface area contributed by atoms with Gasteiger partial charge < -0.3 is 9.84 Å². The molecule has 5 heteroatoms. The Labute approximate surface area is 110 Å². The summed E-state index contributed by atoms with van der Waals surface area (Å²) in [5.41, 5.74) is 1.21. The average Bonchev–Trinajstić information content (AvgIpc) is 2.30. The fourth-order valence-electron chi connectivity index (χ4n) is 1.35. The monoisotopic (exact) mass is 268 g/mol. The molecule has 0 aliphatic carbocycles. The summed E-state index contributed by atoms with van der Waals surface area (Å²) in [6.45, 7) is 2.03. The smallest absolute Gasteiger partial charge is 0.330 e. The number of esters is 1. The molecule has 96 valence electrons. The molecule has 18 heavy (non-hydrogen) atoms. The predicted octanol–water partition coefficient (Wildman–Crippen LogP) is 2.54. The van der Waals surface area contributed by atoms with Crippen molar-refractivity contribution in [1.29, 1.82) is 0 Å². The molecule has 0 aromatic heterocycles. The third kappa shape index (κ3) is 4.59. The van der Waals surface area contributed by atoms with E-state index >= 15 is 0 Å². The number of rotatable bonds is 5. The lowest BCUT2D eigenvalue weighted by molar-refractivity contribution is -0.137. The molecule has 1 rings (SSSR count). The van der Waals surface area contributed by atoms with Crippen LogP contribution in [0.25, 0.3) is 6.08 Å². The van der Waals surface area contributed by atoms with E-state index in [0.29, 0.717) is 22.8 Å². The van der Waals surface area contributed by atoms with Crippen molar-refractivity contribution in [2.45, 2.75) is 13.3 Å². The number of carboxylic acid groups (broad SMARTS) is 1. The van der Waals surface area contributed by atoms with Gasteiger partial charge in [0, 0.05) is 11.1 Å². The summed E-state index contributed by atoms with van der Waals surface area (Å²) in [5.74, 6) is -1.39. The summed E-state index contributed by atoms with van der Waals surface area (Å²) in [5, 5.41) is 9.11. The van der Waals surface area contributed by atoms with E-state index in [1.807, 2.05) is 0 Å². The molecule has 1 N–H and O–H groups in total. The van der Waals surface area contributed by atoms with Crippen LogP contribution < -0.4 is 0 Å².